The first-order valence-corrected chi connectivity index (χ1v) is 9.95. The molecule has 1 aromatic carbocycles. The van der Waals surface area contributed by atoms with Gasteiger partial charge in [0.1, 0.15) is 11.7 Å². The Morgan fingerprint density at radius 1 is 1.22 bits per heavy atom. The van der Waals surface area contributed by atoms with E-state index in [4.69, 9.17) is 0 Å². The topological polar surface area (TPSA) is 88.0 Å². The highest BCUT2D eigenvalue weighted by Gasteiger charge is 2.31. The molecule has 0 saturated heterocycles. The maximum absolute atomic E-state index is 12.9. The molecular formula is C21H22F3N7O. The first-order chi connectivity index (χ1) is 15.1. The van der Waals surface area contributed by atoms with Crippen LogP contribution in [0.1, 0.15) is 29.3 Å². The minimum Gasteiger partial charge on any atom is -0.350 e. The maximum atomic E-state index is 12.9. The monoisotopic (exact) mass is 445 g/mol. The number of likely N-dealkylation sites (N-methyl/N-ethyl adjacent to an activating group) is 1. The Labute approximate surface area is 182 Å². The number of amides is 1. The number of hydrogen-bond acceptors (Lipinski definition) is 6. The molecule has 2 aromatic heterocycles. The Kier molecular flexibility index (Phi) is 5.49. The minimum atomic E-state index is -4.38. The molecule has 1 amide bonds. The summed E-state index contributed by atoms with van der Waals surface area (Å²) in [5, 5.41) is 10.2. The molecule has 3 heterocycles. The van der Waals surface area contributed by atoms with E-state index in [1.165, 1.54) is 6.07 Å². The van der Waals surface area contributed by atoms with E-state index in [0.717, 1.165) is 17.7 Å². The molecule has 1 atom stereocenters. The number of aryl methyl sites for hydroxylation is 1. The Morgan fingerprint density at radius 3 is 2.75 bits per heavy atom. The van der Waals surface area contributed by atoms with Gasteiger partial charge in [0, 0.05) is 25.4 Å². The number of anilines is 3. The van der Waals surface area contributed by atoms with Gasteiger partial charge in [0.05, 0.1) is 24.0 Å². The zero-order valence-corrected chi connectivity index (χ0v) is 17.7. The van der Waals surface area contributed by atoms with Gasteiger partial charge in [-0.25, -0.2) is 4.98 Å². The van der Waals surface area contributed by atoms with Crippen molar-refractivity contribution in [3.05, 3.63) is 59.0 Å². The number of carbonyl (C=O) groups excluding carboxylic acids is 1. The summed E-state index contributed by atoms with van der Waals surface area (Å²) in [6.07, 6.45) is -0.982. The van der Waals surface area contributed by atoms with Gasteiger partial charge >= 0.3 is 6.18 Å². The first kappa shape index (κ1) is 21.6. The van der Waals surface area contributed by atoms with E-state index >= 15 is 0 Å². The van der Waals surface area contributed by atoms with E-state index < -0.39 is 11.7 Å². The van der Waals surface area contributed by atoms with Gasteiger partial charge in [-0.3, -0.25) is 9.48 Å². The summed E-state index contributed by atoms with van der Waals surface area (Å²) in [6.45, 7) is 4.19. The molecule has 11 heteroatoms. The van der Waals surface area contributed by atoms with E-state index in [0.29, 0.717) is 35.3 Å². The molecule has 8 nitrogen and oxygen atoms in total. The molecular weight excluding hydrogens is 423 g/mol. The normalized spacial score (nSPS) is 16.0. The molecule has 0 unspecified atom stereocenters. The highest BCUT2D eigenvalue weighted by molar-refractivity contribution is 6.03. The van der Waals surface area contributed by atoms with Crippen LogP contribution in [0.4, 0.5) is 30.6 Å². The van der Waals surface area contributed by atoms with Gasteiger partial charge in [-0.1, -0.05) is 12.1 Å². The number of nitrogens with one attached hydrogen (secondary N) is 2. The molecule has 1 aliphatic rings. The molecule has 0 fully saturated rings. The summed E-state index contributed by atoms with van der Waals surface area (Å²) in [7, 11) is 1.80. The average Bonchev–Trinajstić information content (AvgIpc) is 3.18. The second-order valence-electron chi connectivity index (χ2n) is 7.71. The largest absolute Gasteiger partial charge is 0.416 e. The Balaban J connectivity index is 1.44. The fourth-order valence-electron chi connectivity index (χ4n) is 3.42. The molecule has 0 saturated carbocycles. The number of rotatable bonds is 5. The highest BCUT2D eigenvalue weighted by Crippen LogP contribution is 2.32. The van der Waals surface area contributed by atoms with Crippen molar-refractivity contribution in [1.29, 1.82) is 0 Å². The van der Waals surface area contributed by atoms with Gasteiger partial charge in [-0.05, 0) is 31.5 Å². The molecule has 3 aromatic rings. The standard InChI is InChI=1S/C21H22F3N7O/c1-12-17-18(30(3)13(2)19(32)28-17)29-20(27-12)25-8-15-9-26-31(11-15)10-14-5-4-6-16(7-14)21(22,23)24/h4-7,9,11,13H,8,10H2,1-3H3,(H,28,32)(H,25,27,29)/t13-/m0/s1. The number of carbonyl (C=O) groups is 1. The fraction of sp³-hybridized carbons (Fsp3) is 0.333. The summed E-state index contributed by atoms with van der Waals surface area (Å²) in [4.78, 5) is 22.7. The van der Waals surface area contributed by atoms with Gasteiger partial charge in [0.25, 0.3) is 0 Å². The van der Waals surface area contributed by atoms with Crippen LogP contribution in [0.15, 0.2) is 36.7 Å². The summed E-state index contributed by atoms with van der Waals surface area (Å²) < 4.78 is 40.3. The predicted molar refractivity (Wildman–Crippen MR) is 113 cm³/mol. The summed E-state index contributed by atoms with van der Waals surface area (Å²) in [6, 6.07) is 4.85. The molecule has 4 rings (SSSR count). The lowest BCUT2D eigenvalue weighted by Crippen LogP contribution is -2.44. The molecule has 2 N–H and O–H groups in total. The Hall–Kier alpha value is -3.63. The van der Waals surface area contributed by atoms with Crippen LogP contribution in [0.3, 0.4) is 0 Å². The van der Waals surface area contributed by atoms with Crippen molar-refractivity contribution < 1.29 is 18.0 Å². The van der Waals surface area contributed by atoms with Gasteiger partial charge in [-0.2, -0.15) is 23.3 Å². The summed E-state index contributed by atoms with van der Waals surface area (Å²) >= 11 is 0. The van der Waals surface area contributed by atoms with Crippen LogP contribution in [0.5, 0.6) is 0 Å². The van der Waals surface area contributed by atoms with Crippen LogP contribution in [-0.4, -0.2) is 38.7 Å². The lowest BCUT2D eigenvalue weighted by molar-refractivity contribution is -0.137. The number of fused-ring (bicyclic) bond motifs is 1. The number of hydrogen-bond donors (Lipinski definition) is 2. The number of halogens is 3. The van der Waals surface area contributed by atoms with Crippen LogP contribution >= 0.6 is 0 Å². The summed E-state index contributed by atoms with van der Waals surface area (Å²) in [5.41, 5.74) is 1.89. The predicted octanol–water partition coefficient (Wildman–Crippen LogP) is 3.44. The van der Waals surface area contributed by atoms with Crippen LogP contribution in [-0.2, 0) is 24.1 Å². The molecule has 0 aliphatic carbocycles. The van der Waals surface area contributed by atoms with Crippen molar-refractivity contribution in [2.75, 3.05) is 22.6 Å². The molecule has 0 spiro atoms. The number of alkyl halides is 3. The molecule has 0 radical (unpaired) electrons. The van der Waals surface area contributed by atoms with E-state index in [9.17, 15) is 18.0 Å². The zero-order chi connectivity index (χ0) is 23.0. The smallest absolute Gasteiger partial charge is 0.350 e. The third-order valence-corrected chi connectivity index (χ3v) is 5.35. The van der Waals surface area contributed by atoms with Gasteiger partial charge in [0.2, 0.25) is 11.9 Å². The molecule has 0 bridgehead atoms. The van der Waals surface area contributed by atoms with Crippen molar-refractivity contribution in [3.63, 3.8) is 0 Å². The quantitative estimate of drug-likeness (QED) is 0.626. The molecule has 32 heavy (non-hydrogen) atoms. The van der Waals surface area contributed by atoms with Crippen LogP contribution in [0.2, 0.25) is 0 Å². The van der Waals surface area contributed by atoms with Crippen molar-refractivity contribution in [1.82, 2.24) is 19.7 Å². The third-order valence-electron chi connectivity index (χ3n) is 5.35. The lowest BCUT2D eigenvalue weighted by atomic mass is 10.1. The van der Waals surface area contributed by atoms with Crippen LogP contribution in [0.25, 0.3) is 0 Å². The van der Waals surface area contributed by atoms with Crippen molar-refractivity contribution in [2.45, 2.75) is 39.2 Å². The van der Waals surface area contributed by atoms with E-state index in [-0.39, 0.29) is 18.5 Å². The van der Waals surface area contributed by atoms with Crippen LogP contribution in [0, 0.1) is 6.92 Å². The van der Waals surface area contributed by atoms with Gasteiger partial charge in [-0.15, -0.1) is 0 Å². The number of benzene rings is 1. The van der Waals surface area contributed by atoms with E-state index in [1.807, 2.05) is 0 Å². The Bertz CT molecular complexity index is 1160. The fourth-order valence-corrected chi connectivity index (χ4v) is 3.42. The average molecular weight is 445 g/mol. The van der Waals surface area contributed by atoms with Crippen LogP contribution < -0.4 is 15.5 Å². The second kappa shape index (κ2) is 8.13. The maximum Gasteiger partial charge on any atom is 0.416 e. The summed E-state index contributed by atoms with van der Waals surface area (Å²) in [5.74, 6) is 0.926. The van der Waals surface area contributed by atoms with E-state index in [1.54, 1.807) is 48.9 Å². The number of nitrogens with zero attached hydrogens (tertiary/aromatic N) is 5. The third kappa shape index (κ3) is 4.36. The first-order valence-electron chi connectivity index (χ1n) is 9.95. The minimum absolute atomic E-state index is 0.111. The number of aromatic nitrogens is 4. The van der Waals surface area contributed by atoms with Crippen molar-refractivity contribution in [2.24, 2.45) is 0 Å². The SMILES string of the molecule is Cc1nc(NCc2cnn(Cc3cccc(C(F)(F)F)c3)c2)nc2c1NC(=O)[C@H](C)N2C. The van der Waals surface area contributed by atoms with E-state index in [2.05, 4.69) is 25.7 Å². The van der Waals surface area contributed by atoms with Gasteiger partial charge < -0.3 is 15.5 Å². The second-order valence-corrected chi connectivity index (χ2v) is 7.71. The van der Waals surface area contributed by atoms with Crippen molar-refractivity contribution in [3.8, 4) is 0 Å². The van der Waals surface area contributed by atoms with Crippen molar-refractivity contribution >= 4 is 23.4 Å². The zero-order valence-electron chi connectivity index (χ0n) is 17.7. The molecule has 168 valence electrons. The molecule has 1 aliphatic heterocycles. The highest BCUT2D eigenvalue weighted by atomic mass is 19.4. The van der Waals surface area contributed by atoms with Gasteiger partial charge in [0.15, 0.2) is 5.82 Å². The lowest BCUT2D eigenvalue weighted by Gasteiger charge is -2.32. The Morgan fingerprint density at radius 2 is 2.00 bits per heavy atom.